The summed E-state index contributed by atoms with van der Waals surface area (Å²) in [6, 6.07) is 5.28. The highest BCUT2D eigenvalue weighted by Gasteiger charge is 2.21. The van der Waals surface area contributed by atoms with E-state index in [1.807, 2.05) is 19.9 Å². The Morgan fingerprint density at radius 1 is 1.29 bits per heavy atom. The summed E-state index contributed by atoms with van der Waals surface area (Å²) in [4.78, 5) is 27.4. The molecule has 0 spiro atoms. The lowest BCUT2D eigenvalue weighted by molar-refractivity contribution is 0.0600. The number of methoxy groups -OCH3 is 1. The fraction of sp³-hybridized carbons (Fsp3) is 0.412. The number of carbonyl (C=O) groups is 2. The molecule has 112 valence electrons. The zero-order valence-electron chi connectivity index (χ0n) is 12.9. The van der Waals surface area contributed by atoms with Crippen LogP contribution in [-0.2, 0) is 11.2 Å². The molecule has 4 heteroatoms. The third kappa shape index (κ3) is 2.84. The Bertz CT molecular complexity index is 683. The van der Waals surface area contributed by atoms with Crippen molar-refractivity contribution >= 4 is 22.7 Å². The van der Waals surface area contributed by atoms with E-state index in [2.05, 4.69) is 11.9 Å². The lowest BCUT2D eigenvalue weighted by Crippen LogP contribution is -2.09. The normalized spacial score (nSPS) is 11.1. The number of ether oxygens (including phenoxy) is 1. The molecule has 0 radical (unpaired) electrons. The molecule has 1 aromatic heterocycles. The first kappa shape index (κ1) is 15.3. The van der Waals surface area contributed by atoms with E-state index < -0.39 is 0 Å². The molecule has 0 aliphatic heterocycles. The third-order valence-electron chi connectivity index (χ3n) is 3.57. The minimum absolute atomic E-state index is 0.0557. The second kappa shape index (κ2) is 6.12. The van der Waals surface area contributed by atoms with E-state index in [1.165, 1.54) is 7.11 Å². The lowest BCUT2D eigenvalue weighted by Gasteiger charge is -2.06. The van der Waals surface area contributed by atoms with E-state index in [4.69, 9.17) is 4.74 Å². The maximum absolute atomic E-state index is 12.5. The molecule has 0 bridgehead atoms. The van der Waals surface area contributed by atoms with Crippen molar-refractivity contribution in [2.75, 3.05) is 7.11 Å². The summed E-state index contributed by atoms with van der Waals surface area (Å²) < 4.78 is 4.74. The average Bonchev–Trinajstić information content (AvgIpc) is 2.82. The monoisotopic (exact) mass is 287 g/mol. The lowest BCUT2D eigenvalue weighted by atomic mass is 9.96. The number of carbonyl (C=O) groups excluding carboxylic acids is 2. The summed E-state index contributed by atoms with van der Waals surface area (Å²) >= 11 is 0. The Kier molecular flexibility index (Phi) is 4.46. The fourth-order valence-corrected chi connectivity index (χ4v) is 2.51. The highest BCUT2D eigenvalue weighted by Crippen LogP contribution is 2.27. The number of aromatic amines is 1. The quantitative estimate of drug-likeness (QED) is 0.673. The van der Waals surface area contributed by atoms with Crippen LogP contribution in [0.25, 0.3) is 10.9 Å². The highest BCUT2D eigenvalue weighted by atomic mass is 16.5. The number of hydrogen-bond donors (Lipinski definition) is 1. The van der Waals surface area contributed by atoms with E-state index in [1.54, 1.807) is 12.1 Å². The summed E-state index contributed by atoms with van der Waals surface area (Å²) in [6.45, 7) is 5.88. The zero-order chi connectivity index (χ0) is 15.6. The molecule has 0 fully saturated rings. The molecule has 21 heavy (non-hydrogen) atoms. The van der Waals surface area contributed by atoms with Crippen LogP contribution < -0.4 is 0 Å². The largest absolute Gasteiger partial charge is 0.465 e. The van der Waals surface area contributed by atoms with Gasteiger partial charge in [0.2, 0.25) is 0 Å². The van der Waals surface area contributed by atoms with E-state index in [0.717, 1.165) is 35.0 Å². The molecule has 0 aliphatic rings. The van der Waals surface area contributed by atoms with Gasteiger partial charge in [0.25, 0.3) is 0 Å². The van der Waals surface area contributed by atoms with Crippen molar-refractivity contribution in [1.29, 1.82) is 0 Å². The molecule has 2 rings (SSSR count). The number of fused-ring (bicyclic) bond motifs is 1. The van der Waals surface area contributed by atoms with Gasteiger partial charge in [0.1, 0.15) is 0 Å². The van der Waals surface area contributed by atoms with Crippen LogP contribution in [0, 0.1) is 5.92 Å². The van der Waals surface area contributed by atoms with Gasteiger partial charge < -0.3 is 9.72 Å². The van der Waals surface area contributed by atoms with Crippen LogP contribution >= 0.6 is 0 Å². The van der Waals surface area contributed by atoms with E-state index >= 15 is 0 Å². The predicted octanol–water partition coefficient (Wildman–Crippen LogP) is 3.75. The average molecular weight is 287 g/mol. The summed E-state index contributed by atoms with van der Waals surface area (Å²) in [5, 5.41) is 0.879. The Labute approximate surface area is 124 Å². The van der Waals surface area contributed by atoms with Crippen LogP contribution in [0.15, 0.2) is 18.2 Å². The van der Waals surface area contributed by atoms with Gasteiger partial charge >= 0.3 is 5.97 Å². The van der Waals surface area contributed by atoms with Crippen LogP contribution in [0.3, 0.4) is 0 Å². The standard InChI is InChI=1S/C17H21NO3/c1-5-6-13-15(16(19)10(2)3)12-8-7-11(17(20)21-4)9-14(12)18-13/h7-10,18H,5-6H2,1-4H3. The number of esters is 1. The van der Waals surface area contributed by atoms with Gasteiger partial charge in [0.15, 0.2) is 5.78 Å². The number of Topliss-reactive ketones (excluding diaryl/α,β-unsaturated/α-hetero) is 1. The maximum atomic E-state index is 12.5. The minimum atomic E-state index is -0.375. The highest BCUT2D eigenvalue weighted by molar-refractivity contribution is 6.11. The van der Waals surface area contributed by atoms with Crippen LogP contribution in [-0.4, -0.2) is 23.8 Å². The first-order chi connectivity index (χ1) is 9.99. The molecule has 1 N–H and O–H groups in total. The van der Waals surface area contributed by atoms with Crippen molar-refractivity contribution in [3.05, 3.63) is 35.0 Å². The van der Waals surface area contributed by atoms with Gasteiger partial charge in [0.05, 0.1) is 12.7 Å². The number of H-pyrrole nitrogens is 1. The number of rotatable bonds is 5. The van der Waals surface area contributed by atoms with Crippen molar-refractivity contribution < 1.29 is 14.3 Å². The topological polar surface area (TPSA) is 59.2 Å². The predicted molar refractivity (Wildman–Crippen MR) is 82.8 cm³/mol. The van der Waals surface area contributed by atoms with Crippen LogP contribution in [0.4, 0.5) is 0 Å². The molecule has 0 unspecified atom stereocenters. The van der Waals surface area contributed by atoms with Gasteiger partial charge in [-0.2, -0.15) is 0 Å². The molecule has 1 heterocycles. The summed E-state index contributed by atoms with van der Waals surface area (Å²) in [7, 11) is 1.36. The molecule has 2 aromatic rings. The summed E-state index contributed by atoms with van der Waals surface area (Å²) in [5.74, 6) is -0.296. The number of benzene rings is 1. The van der Waals surface area contributed by atoms with Gasteiger partial charge in [-0.15, -0.1) is 0 Å². The van der Waals surface area contributed by atoms with Crippen molar-refractivity contribution in [2.45, 2.75) is 33.6 Å². The molecular formula is C17H21NO3. The van der Waals surface area contributed by atoms with Crippen LogP contribution in [0.5, 0.6) is 0 Å². The molecule has 0 amide bonds. The van der Waals surface area contributed by atoms with Crippen molar-refractivity contribution in [1.82, 2.24) is 4.98 Å². The second-order valence-corrected chi connectivity index (χ2v) is 5.50. The maximum Gasteiger partial charge on any atom is 0.337 e. The van der Waals surface area contributed by atoms with E-state index in [-0.39, 0.29) is 17.7 Å². The van der Waals surface area contributed by atoms with Gasteiger partial charge in [-0.1, -0.05) is 33.3 Å². The Morgan fingerprint density at radius 3 is 2.57 bits per heavy atom. The first-order valence-electron chi connectivity index (χ1n) is 7.26. The van der Waals surface area contributed by atoms with Gasteiger partial charge in [-0.25, -0.2) is 4.79 Å². The van der Waals surface area contributed by atoms with Crippen LogP contribution in [0.1, 0.15) is 53.6 Å². The molecule has 0 saturated carbocycles. The van der Waals surface area contributed by atoms with E-state index in [9.17, 15) is 9.59 Å². The molecular weight excluding hydrogens is 266 g/mol. The number of nitrogens with one attached hydrogen (secondary N) is 1. The van der Waals surface area contributed by atoms with Gasteiger partial charge in [-0.3, -0.25) is 4.79 Å². The number of aryl methyl sites for hydroxylation is 1. The molecule has 0 atom stereocenters. The first-order valence-corrected chi connectivity index (χ1v) is 7.26. The molecule has 4 nitrogen and oxygen atoms in total. The summed E-state index contributed by atoms with van der Waals surface area (Å²) in [6.07, 6.45) is 1.77. The Balaban J connectivity index is 2.62. The number of hydrogen-bond acceptors (Lipinski definition) is 3. The van der Waals surface area contributed by atoms with E-state index in [0.29, 0.717) is 5.56 Å². The Morgan fingerprint density at radius 2 is 2.00 bits per heavy atom. The molecule has 0 aliphatic carbocycles. The number of aromatic nitrogens is 1. The minimum Gasteiger partial charge on any atom is -0.465 e. The fourth-order valence-electron chi connectivity index (χ4n) is 2.51. The van der Waals surface area contributed by atoms with Crippen molar-refractivity contribution in [2.24, 2.45) is 5.92 Å². The summed E-state index contributed by atoms with van der Waals surface area (Å²) in [5.41, 5.74) is 3.01. The van der Waals surface area contributed by atoms with Gasteiger partial charge in [0, 0.05) is 28.1 Å². The SMILES string of the molecule is CCCc1[nH]c2cc(C(=O)OC)ccc2c1C(=O)C(C)C. The van der Waals surface area contributed by atoms with Crippen molar-refractivity contribution in [3.63, 3.8) is 0 Å². The van der Waals surface area contributed by atoms with Crippen molar-refractivity contribution in [3.8, 4) is 0 Å². The molecule has 0 saturated heterocycles. The zero-order valence-corrected chi connectivity index (χ0v) is 12.9. The van der Waals surface area contributed by atoms with Crippen LogP contribution in [0.2, 0.25) is 0 Å². The third-order valence-corrected chi connectivity index (χ3v) is 3.57. The number of ketones is 1. The second-order valence-electron chi connectivity index (χ2n) is 5.50. The van der Waals surface area contributed by atoms with Gasteiger partial charge in [-0.05, 0) is 18.6 Å². The molecule has 1 aromatic carbocycles. The Hall–Kier alpha value is -2.10. The smallest absolute Gasteiger partial charge is 0.337 e.